The van der Waals surface area contributed by atoms with Gasteiger partial charge in [0.25, 0.3) is 0 Å². The van der Waals surface area contributed by atoms with Crippen molar-refractivity contribution < 1.29 is 4.74 Å². The van der Waals surface area contributed by atoms with E-state index in [4.69, 9.17) is 21.6 Å². The second kappa shape index (κ2) is 4.35. The first-order chi connectivity index (χ1) is 7.65. The van der Waals surface area contributed by atoms with Crippen LogP contribution in [0.25, 0.3) is 0 Å². The van der Waals surface area contributed by atoms with Gasteiger partial charge in [-0.3, -0.25) is 0 Å². The molecule has 1 saturated carbocycles. The highest BCUT2D eigenvalue weighted by atomic mass is 35.5. The van der Waals surface area contributed by atoms with Gasteiger partial charge >= 0.3 is 0 Å². The maximum absolute atomic E-state index is 8.71. The van der Waals surface area contributed by atoms with Gasteiger partial charge in [0, 0.05) is 11.8 Å². The highest BCUT2D eigenvalue weighted by molar-refractivity contribution is 6.32. The Labute approximate surface area is 101 Å². The molecule has 1 aromatic carbocycles. The average Bonchev–Trinajstić information content (AvgIpc) is 3.01. The molecule has 0 spiro atoms. The number of nitriles is 1. The van der Waals surface area contributed by atoms with Gasteiger partial charge in [0.05, 0.1) is 17.7 Å². The molecule has 1 fully saturated rings. The largest absolute Gasteiger partial charge is 0.491 e. The molecule has 0 radical (unpaired) electrons. The van der Waals surface area contributed by atoms with Gasteiger partial charge in [-0.2, -0.15) is 5.26 Å². The first kappa shape index (κ1) is 11.3. The number of rotatable bonds is 4. The van der Waals surface area contributed by atoms with E-state index < -0.39 is 0 Å². The third kappa shape index (κ3) is 2.48. The lowest BCUT2D eigenvalue weighted by Gasteiger charge is -2.14. The molecular formula is C13H14ClNO. The Hall–Kier alpha value is -1.20. The van der Waals surface area contributed by atoms with Gasteiger partial charge in [-0.1, -0.05) is 17.7 Å². The van der Waals surface area contributed by atoms with E-state index in [1.54, 1.807) is 0 Å². The normalized spacial score (nSPS) is 16.6. The van der Waals surface area contributed by atoms with E-state index in [9.17, 15) is 0 Å². The zero-order valence-electron chi connectivity index (χ0n) is 9.29. The predicted molar refractivity (Wildman–Crippen MR) is 63.6 cm³/mol. The summed E-state index contributed by atoms with van der Waals surface area (Å²) in [6, 6.07) is 7.95. The molecular weight excluding hydrogens is 222 g/mol. The van der Waals surface area contributed by atoms with Crippen LogP contribution in [0.2, 0.25) is 5.02 Å². The standard InChI is InChI=1S/C13H14ClNO/c1-10-2-3-11(14)12(8-10)16-9-13(4-5-13)6-7-15/h2-3,8H,4-6,9H2,1H3. The van der Waals surface area contributed by atoms with E-state index in [0.717, 1.165) is 24.2 Å². The zero-order valence-corrected chi connectivity index (χ0v) is 10.0. The number of aryl methyl sites for hydroxylation is 1. The molecule has 0 saturated heterocycles. The van der Waals surface area contributed by atoms with Crippen molar-refractivity contribution >= 4 is 11.6 Å². The minimum atomic E-state index is 0.0990. The van der Waals surface area contributed by atoms with Gasteiger partial charge < -0.3 is 4.74 Å². The SMILES string of the molecule is Cc1ccc(Cl)c(OCC2(CC#N)CC2)c1. The van der Waals surface area contributed by atoms with Gasteiger partial charge in [-0.15, -0.1) is 0 Å². The summed E-state index contributed by atoms with van der Waals surface area (Å²) in [6.07, 6.45) is 2.75. The maximum Gasteiger partial charge on any atom is 0.138 e. The average molecular weight is 236 g/mol. The first-order valence-electron chi connectivity index (χ1n) is 5.41. The molecule has 0 aromatic heterocycles. The lowest BCUT2D eigenvalue weighted by atomic mass is 10.1. The Morgan fingerprint density at radius 1 is 1.50 bits per heavy atom. The Bertz CT molecular complexity index is 432. The van der Waals surface area contributed by atoms with E-state index >= 15 is 0 Å². The van der Waals surface area contributed by atoms with Crippen LogP contribution in [0.4, 0.5) is 0 Å². The van der Waals surface area contributed by atoms with E-state index in [1.807, 2.05) is 25.1 Å². The summed E-state index contributed by atoms with van der Waals surface area (Å²) in [6.45, 7) is 2.61. The van der Waals surface area contributed by atoms with Crippen molar-refractivity contribution in [1.29, 1.82) is 5.26 Å². The highest BCUT2D eigenvalue weighted by Crippen LogP contribution is 2.49. The van der Waals surface area contributed by atoms with Crippen LogP contribution in [-0.2, 0) is 0 Å². The van der Waals surface area contributed by atoms with E-state index in [0.29, 0.717) is 18.1 Å². The fourth-order valence-electron chi connectivity index (χ4n) is 1.67. The second-order valence-electron chi connectivity index (χ2n) is 4.56. The summed E-state index contributed by atoms with van der Waals surface area (Å²) < 4.78 is 5.71. The molecule has 2 rings (SSSR count). The fourth-order valence-corrected chi connectivity index (χ4v) is 1.84. The summed E-state index contributed by atoms with van der Waals surface area (Å²) in [7, 11) is 0. The molecule has 0 N–H and O–H groups in total. The minimum Gasteiger partial charge on any atom is -0.491 e. The Morgan fingerprint density at radius 3 is 2.88 bits per heavy atom. The summed E-state index contributed by atoms with van der Waals surface area (Å²) in [5, 5.41) is 9.34. The van der Waals surface area contributed by atoms with Crippen LogP contribution in [0.1, 0.15) is 24.8 Å². The van der Waals surface area contributed by atoms with Crippen LogP contribution < -0.4 is 4.74 Å². The number of hydrogen-bond acceptors (Lipinski definition) is 2. The lowest BCUT2D eigenvalue weighted by molar-refractivity contribution is 0.237. The predicted octanol–water partition coefficient (Wildman–Crippen LogP) is 3.72. The van der Waals surface area contributed by atoms with Crippen molar-refractivity contribution in [3.8, 4) is 11.8 Å². The third-order valence-corrected chi connectivity index (χ3v) is 3.34. The topological polar surface area (TPSA) is 33.0 Å². The third-order valence-electron chi connectivity index (χ3n) is 3.03. The molecule has 1 aromatic rings. The second-order valence-corrected chi connectivity index (χ2v) is 4.96. The molecule has 0 heterocycles. The molecule has 84 valence electrons. The fraction of sp³-hybridized carbons (Fsp3) is 0.462. The maximum atomic E-state index is 8.71. The summed E-state index contributed by atoms with van der Waals surface area (Å²) >= 11 is 6.03. The number of ether oxygens (including phenoxy) is 1. The van der Waals surface area contributed by atoms with Crippen molar-refractivity contribution in [3.05, 3.63) is 28.8 Å². The quantitative estimate of drug-likeness (QED) is 0.797. The Kier molecular flexibility index (Phi) is 3.07. The van der Waals surface area contributed by atoms with Crippen molar-refractivity contribution in [2.75, 3.05) is 6.61 Å². The van der Waals surface area contributed by atoms with Gasteiger partial charge in [0.1, 0.15) is 5.75 Å². The van der Waals surface area contributed by atoms with Crippen molar-refractivity contribution in [2.45, 2.75) is 26.2 Å². The molecule has 0 unspecified atom stereocenters. The van der Waals surface area contributed by atoms with Crippen LogP contribution in [0, 0.1) is 23.7 Å². The Balaban J connectivity index is 2.00. The first-order valence-corrected chi connectivity index (χ1v) is 5.79. The summed E-state index contributed by atoms with van der Waals surface area (Å²) in [4.78, 5) is 0. The van der Waals surface area contributed by atoms with Gasteiger partial charge in [-0.25, -0.2) is 0 Å². The molecule has 0 aliphatic heterocycles. The molecule has 2 nitrogen and oxygen atoms in total. The lowest BCUT2D eigenvalue weighted by Crippen LogP contribution is -2.12. The van der Waals surface area contributed by atoms with Gasteiger partial charge in [0.15, 0.2) is 0 Å². The van der Waals surface area contributed by atoms with E-state index in [2.05, 4.69) is 6.07 Å². The van der Waals surface area contributed by atoms with E-state index in [1.165, 1.54) is 0 Å². The molecule has 16 heavy (non-hydrogen) atoms. The zero-order chi connectivity index (χ0) is 11.6. The molecule has 0 bridgehead atoms. The van der Waals surface area contributed by atoms with Crippen molar-refractivity contribution in [2.24, 2.45) is 5.41 Å². The van der Waals surface area contributed by atoms with Crippen LogP contribution in [0.3, 0.4) is 0 Å². The van der Waals surface area contributed by atoms with Crippen LogP contribution in [0.5, 0.6) is 5.75 Å². The minimum absolute atomic E-state index is 0.0990. The van der Waals surface area contributed by atoms with Gasteiger partial charge in [-0.05, 0) is 37.5 Å². The highest BCUT2D eigenvalue weighted by Gasteiger charge is 2.43. The molecule has 0 atom stereocenters. The van der Waals surface area contributed by atoms with Crippen molar-refractivity contribution in [1.82, 2.24) is 0 Å². The van der Waals surface area contributed by atoms with E-state index in [-0.39, 0.29) is 5.41 Å². The molecule has 1 aliphatic rings. The van der Waals surface area contributed by atoms with Crippen LogP contribution >= 0.6 is 11.6 Å². The van der Waals surface area contributed by atoms with Crippen molar-refractivity contribution in [3.63, 3.8) is 0 Å². The summed E-state index contributed by atoms with van der Waals surface area (Å²) in [5.41, 5.74) is 1.23. The molecule has 0 amide bonds. The monoisotopic (exact) mass is 235 g/mol. The smallest absolute Gasteiger partial charge is 0.138 e. The summed E-state index contributed by atoms with van der Waals surface area (Å²) in [5.74, 6) is 0.728. The number of nitrogens with zero attached hydrogens (tertiary/aromatic N) is 1. The van der Waals surface area contributed by atoms with Gasteiger partial charge in [0.2, 0.25) is 0 Å². The molecule has 3 heteroatoms. The molecule has 1 aliphatic carbocycles. The number of halogens is 1. The van der Waals surface area contributed by atoms with Crippen LogP contribution in [-0.4, -0.2) is 6.61 Å². The number of hydrogen-bond donors (Lipinski definition) is 0. The van der Waals surface area contributed by atoms with Crippen LogP contribution in [0.15, 0.2) is 18.2 Å². The number of benzene rings is 1. The Morgan fingerprint density at radius 2 is 2.25 bits per heavy atom.